The maximum Gasteiger partial charge on any atom is 0.347 e. The molecule has 0 bridgehead atoms. The molecule has 0 saturated heterocycles. The van der Waals surface area contributed by atoms with Crippen LogP contribution in [0.1, 0.15) is 5.69 Å². The Kier molecular flexibility index (Phi) is 1.34. The SMILES string of the molecule is Cc1ccn(C)c(=O)n1. The summed E-state index contributed by atoms with van der Waals surface area (Å²) < 4.78 is 1.44. The van der Waals surface area contributed by atoms with Gasteiger partial charge in [-0.2, -0.15) is 4.98 Å². The van der Waals surface area contributed by atoms with Gasteiger partial charge < -0.3 is 4.57 Å². The molecule has 9 heavy (non-hydrogen) atoms. The summed E-state index contributed by atoms with van der Waals surface area (Å²) in [4.78, 5) is 14.4. The fraction of sp³-hybridized carbons (Fsp3) is 0.333. The molecule has 0 atom stereocenters. The molecular weight excluding hydrogens is 116 g/mol. The van der Waals surface area contributed by atoms with Gasteiger partial charge in [-0.15, -0.1) is 0 Å². The van der Waals surface area contributed by atoms with E-state index in [4.69, 9.17) is 0 Å². The van der Waals surface area contributed by atoms with Crippen LogP contribution in [0.3, 0.4) is 0 Å². The molecule has 0 spiro atoms. The Balaban J connectivity index is 3.34. The van der Waals surface area contributed by atoms with Gasteiger partial charge in [0, 0.05) is 18.9 Å². The molecule has 3 heteroatoms. The molecule has 0 aliphatic rings. The molecule has 3 nitrogen and oxygen atoms in total. The predicted molar refractivity (Wildman–Crippen MR) is 34.2 cm³/mol. The van der Waals surface area contributed by atoms with Gasteiger partial charge in [-0.05, 0) is 13.0 Å². The highest BCUT2D eigenvalue weighted by molar-refractivity contribution is 4.94. The molecule has 0 aliphatic carbocycles. The summed E-state index contributed by atoms with van der Waals surface area (Å²) in [6.07, 6.45) is 1.70. The monoisotopic (exact) mass is 124 g/mol. The topological polar surface area (TPSA) is 34.9 Å². The van der Waals surface area contributed by atoms with E-state index < -0.39 is 0 Å². The van der Waals surface area contributed by atoms with Crippen molar-refractivity contribution >= 4 is 0 Å². The number of hydrogen-bond donors (Lipinski definition) is 0. The minimum absolute atomic E-state index is 0.199. The lowest BCUT2D eigenvalue weighted by Gasteiger charge is -1.92. The molecule has 0 aliphatic heterocycles. The maximum atomic E-state index is 10.7. The summed E-state index contributed by atoms with van der Waals surface area (Å²) >= 11 is 0. The van der Waals surface area contributed by atoms with Gasteiger partial charge in [0.2, 0.25) is 0 Å². The van der Waals surface area contributed by atoms with Crippen LogP contribution in [0.25, 0.3) is 0 Å². The first-order valence-corrected chi connectivity index (χ1v) is 2.70. The van der Waals surface area contributed by atoms with Gasteiger partial charge in [-0.3, -0.25) is 0 Å². The summed E-state index contributed by atoms with van der Waals surface area (Å²) in [5.74, 6) is 0. The van der Waals surface area contributed by atoms with Gasteiger partial charge in [0.1, 0.15) is 0 Å². The lowest BCUT2D eigenvalue weighted by Crippen LogP contribution is -2.19. The molecule has 0 amide bonds. The van der Waals surface area contributed by atoms with Crippen LogP contribution >= 0.6 is 0 Å². The van der Waals surface area contributed by atoms with Gasteiger partial charge in [-0.1, -0.05) is 0 Å². The summed E-state index contributed by atoms with van der Waals surface area (Å²) in [7, 11) is 1.68. The van der Waals surface area contributed by atoms with Crippen molar-refractivity contribution in [2.24, 2.45) is 7.05 Å². The largest absolute Gasteiger partial charge is 0.347 e. The Labute approximate surface area is 53.0 Å². The molecular formula is C6H8N2O. The zero-order valence-electron chi connectivity index (χ0n) is 5.46. The molecule has 0 saturated carbocycles. The van der Waals surface area contributed by atoms with E-state index in [-0.39, 0.29) is 5.69 Å². The highest BCUT2D eigenvalue weighted by Gasteiger charge is 1.87. The first-order chi connectivity index (χ1) is 4.20. The van der Waals surface area contributed by atoms with Gasteiger partial charge in [0.05, 0.1) is 0 Å². The van der Waals surface area contributed by atoms with Gasteiger partial charge in [0.15, 0.2) is 0 Å². The van der Waals surface area contributed by atoms with Crippen molar-refractivity contribution in [1.29, 1.82) is 0 Å². The number of hydrogen-bond acceptors (Lipinski definition) is 2. The smallest absolute Gasteiger partial charge is 0.302 e. The van der Waals surface area contributed by atoms with Crippen molar-refractivity contribution in [3.05, 3.63) is 28.4 Å². The first kappa shape index (κ1) is 6.01. The molecule has 1 rings (SSSR count). The lowest BCUT2D eigenvalue weighted by molar-refractivity contribution is 0.799. The number of nitrogens with zero attached hydrogens (tertiary/aromatic N) is 2. The fourth-order valence-electron chi connectivity index (χ4n) is 0.550. The van der Waals surface area contributed by atoms with Crippen molar-refractivity contribution in [2.75, 3.05) is 0 Å². The van der Waals surface area contributed by atoms with E-state index >= 15 is 0 Å². The predicted octanol–water partition coefficient (Wildman–Crippen LogP) is 0.0887. The third-order valence-electron chi connectivity index (χ3n) is 1.11. The number of aryl methyl sites for hydroxylation is 2. The average Bonchev–Trinajstić information content (AvgIpc) is 1.80. The lowest BCUT2D eigenvalue weighted by atomic mass is 10.5. The normalized spacial score (nSPS) is 9.56. The molecule has 0 N–H and O–H groups in total. The quantitative estimate of drug-likeness (QED) is 0.491. The van der Waals surface area contributed by atoms with Crippen LogP contribution in [-0.4, -0.2) is 9.55 Å². The van der Waals surface area contributed by atoms with Crippen LogP contribution in [0.2, 0.25) is 0 Å². The minimum atomic E-state index is -0.199. The summed E-state index contributed by atoms with van der Waals surface area (Å²) in [5.41, 5.74) is 0.563. The van der Waals surface area contributed by atoms with Crippen LogP contribution in [0.5, 0.6) is 0 Å². The van der Waals surface area contributed by atoms with E-state index in [1.165, 1.54) is 4.57 Å². The number of rotatable bonds is 0. The highest BCUT2D eigenvalue weighted by Crippen LogP contribution is 1.82. The molecule has 48 valence electrons. The molecule has 0 aromatic carbocycles. The molecule has 0 unspecified atom stereocenters. The van der Waals surface area contributed by atoms with E-state index in [1.807, 2.05) is 0 Å². The third kappa shape index (κ3) is 1.16. The zero-order valence-corrected chi connectivity index (χ0v) is 5.46. The number of aromatic nitrogens is 2. The summed E-state index contributed by atoms with van der Waals surface area (Å²) in [5, 5.41) is 0. The second-order valence-corrected chi connectivity index (χ2v) is 1.96. The van der Waals surface area contributed by atoms with Crippen LogP contribution < -0.4 is 5.69 Å². The fourth-order valence-corrected chi connectivity index (χ4v) is 0.550. The first-order valence-electron chi connectivity index (χ1n) is 2.70. The Hall–Kier alpha value is -1.12. The van der Waals surface area contributed by atoms with Crippen LogP contribution in [-0.2, 0) is 7.05 Å². The standard InChI is InChI=1S/C6H8N2O/c1-5-3-4-8(2)6(9)7-5/h3-4H,1-2H3. The van der Waals surface area contributed by atoms with Crippen molar-refractivity contribution in [1.82, 2.24) is 9.55 Å². The Bertz CT molecular complexity index is 264. The maximum absolute atomic E-state index is 10.7. The second kappa shape index (κ2) is 2.01. The highest BCUT2D eigenvalue weighted by atomic mass is 16.1. The zero-order chi connectivity index (χ0) is 6.85. The van der Waals surface area contributed by atoms with Crippen molar-refractivity contribution in [2.45, 2.75) is 6.92 Å². The van der Waals surface area contributed by atoms with E-state index in [0.717, 1.165) is 5.69 Å². The molecule has 1 aromatic heterocycles. The minimum Gasteiger partial charge on any atom is -0.302 e. The second-order valence-electron chi connectivity index (χ2n) is 1.96. The van der Waals surface area contributed by atoms with E-state index in [1.54, 1.807) is 26.2 Å². The average molecular weight is 124 g/mol. The Morgan fingerprint density at radius 2 is 2.33 bits per heavy atom. The van der Waals surface area contributed by atoms with Crippen molar-refractivity contribution in [3.8, 4) is 0 Å². The van der Waals surface area contributed by atoms with Crippen molar-refractivity contribution in [3.63, 3.8) is 0 Å². The van der Waals surface area contributed by atoms with E-state index in [9.17, 15) is 4.79 Å². The van der Waals surface area contributed by atoms with Crippen LogP contribution in [0.4, 0.5) is 0 Å². The summed E-state index contributed by atoms with van der Waals surface area (Å²) in [6, 6.07) is 1.79. The Morgan fingerprint density at radius 3 is 2.78 bits per heavy atom. The molecule has 0 fully saturated rings. The Morgan fingerprint density at radius 1 is 1.67 bits per heavy atom. The summed E-state index contributed by atoms with van der Waals surface area (Å²) in [6.45, 7) is 1.79. The third-order valence-corrected chi connectivity index (χ3v) is 1.11. The van der Waals surface area contributed by atoms with Gasteiger partial charge in [0.25, 0.3) is 0 Å². The molecule has 1 aromatic rings. The molecule has 1 heterocycles. The molecule has 0 radical (unpaired) electrons. The van der Waals surface area contributed by atoms with E-state index in [0.29, 0.717) is 0 Å². The van der Waals surface area contributed by atoms with Gasteiger partial charge >= 0.3 is 5.69 Å². The van der Waals surface area contributed by atoms with Crippen LogP contribution in [0.15, 0.2) is 17.1 Å². The van der Waals surface area contributed by atoms with Crippen molar-refractivity contribution < 1.29 is 0 Å². The van der Waals surface area contributed by atoms with Crippen LogP contribution in [0, 0.1) is 6.92 Å². The van der Waals surface area contributed by atoms with Gasteiger partial charge in [-0.25, -0.2) is 4.79 Å². The van der Waals surface area contributed by atoms with E-state index in [2.05, 4.69) is 4.98 Å².